The lowest BCUT2D eigenvalue weighted by Gasteiger charge is -2.07. The molecule has 21 heavy (non-hydrogen) atoms. The maximum absolute atomic E-state index is 11.8. The second-order valence-corrected chi connectivity index (χ2v) is 4.27. The number of carbonyl (C=O) groups excluding carboxylic acids is 1. The van der Waals surface area contributed by atoms with Crippen LogP contribution in [0.3, 0.4) is 0 Å². The highest BCUT2D eigenvalue weighted by Crippen LogP contribution is 2.27. The molecular weight excluding hydrogens is 276 g/mol. The number of pyridine rings is 1. The molecule has 0 aliphatic rings. The molecule has 1 amide bonds. The van der Waals surface area contributed by atoms with Crippen molar-refractivity contribution < 1.29 is 14.8 Å². The van der Waals surface area contributed by atoms with E-state index in [0.717, 1.165) is 6.07 Å². The number of aromatic nitrogens is 1. The van der Waals surface area contributed by atoms with E-state index in [2.05, 4.69) is 10.3 Å². The van der Waals surface area contributed by atoms with Gasteiger partial charge in [0.25, 0.3) is 5.69 Å². The Balaban J connectivity index is 2.06. The molecule has 1 aromatic carbocycles. The summed E-state index contributed by atoms with van der Waals surface area (Å²) in [5, 5.41) is 22.6. The summed E-state index contributed by atoms with van der Waals surface area (Å²) in [6, 6.07) is 6.67. The molecule has 0 aliphatic carbocycles. The van der Waals surface area contributed by atoms with Gasteiger partial charge in [-0.1, -0.05) is 0 Å². The smallest absolute Gasteiger partial charge is 0.273 e. The van der Waals surface area contributed by atoms with Crippen molar-refractivity contribution in [3.63, 3.8) is 0 Å². The topological polar surface area (TPSA) is 131 Å². The summed E-state index contributed by atoms with van der Waals surface area (Å²) in [6.07, 6.45) is 1.43. The maximum Gasteiger partial charge on any atom is 0.273 e. The van der Waals surface area contributed by atoms with Gasteiger partial charge in [-0.3, -0.25) is 19.9 Å². The van der Waals surface area contributed by atoms with Gasteiger partial charge < -0.3 is 16.2 Å². The van der Waals surface area contributed by atoms with Crippen LogP contribution >= 0.6 is 0 Å². The highest BCUT2D eigenvalue weighted by molar-refractivity contribution is 5.93. The lowest BCUT2D eigenvalue weighted by atomic mass is 10.2. The minimum Gasteiger partial charge on any atom is -0.506 e. The predicted molar refractivity (Wildman–Crippen MR) is 75.7 cm³/mol. The van der Waals surface area contributed by atoms with Gasteiger partial charge in [0.15, 0.2) is 0 Å². The second kappa shape index (κ2) is 5.87. The number of aromatic hydroxyl groups is 1. The molecular formula is C13H12N4O4. The first kappa shape index (κ1) is 14.3. The highest BCUT2D eigenvalue weighted by Gasteiger charge is 2.12. The lowest BCUT2D eigenvalue weighted by molar-refractivity contribution is -0.384. The van der Waals surface area contributed by atoms with Crippen LogP contribution in [0.25, 0.3) is 0 Å². The number of phenols is 1. The number of nitrogen functional groups attached to an aromatic ring is 1. The third-order valence-corrected chi connectivity index (χ3v) is 2.66. The minimum atomic E-state index is -0.635. The van der Waals surface area contributed by atoms with Crippen molar-refractivity contribution in [3.8, 4) is 5.75 Å². The van der Waals surface area contributed by atoms with Gasteiger partial charge in [0, 0.05) is 11.8 Å². The zero-order valence-electron chi connectivity index (χ0n) is 10.8. The number of nitro groups is 1. The summed E-state index contributed by atoms with van der Waals surface area (Å²) in [4.78, 5) is 25.7. The molecule has 108 valence electrons. The zero-order chi connectivity index (χ0) is 15.4. The number of nitrogens with one attached hydrogen (secondary N) is 1. The third-order valence-electron chi connectivity index (χ3n) is 2.66. The second-order valence-electron chi connectivity index (χ2n) is 4.27. The van der Waals surface area contributed by atoms with E-state index < -0.39 is 10.8 Å². The summed E-state index contributed by atoms with van der Waals surface area (Å²) in [5.41, 5.74) is 6.34. The summed E-state index contributed by atoms with van der Waals surface area (Å²) in [5.74, 6) is -0.778. The van der Waals surface area contributed by atoms with Gasteiger partial charge >= 0.3 is 0 Å². The van der Waals surface area contributed by atoms with Crippen LogP contribution < -0.4 is 11.1 Å². The van der Waals surface area contributed by atoms with Crippen molar-refractivity contribution in [2.75, 3.05) is 11.1 Å². The number of non-ortho nitro benzene ring substituents is 1. The van der Waals surface area contributed by atoms with E-state index in [1.165, 1.54) is 18.3 Å². The Kier molecular flexibility index (Phi) is 3.98. The number of rotatable bonds is 4. The molecule has 4 N–H and O–H groups in total. The predicted octanol–water partition coefficient (Wildman–Crippen LogP) is 1.46. The fourth-order valence-corrected chi connectivity index (χ4v) is 1.64. The number of hydrogen-bond donors (Lipinski definition) is 3. The highest BCUT2D eigenvalue weighted by atomic mass is 16.6. The van der Waals surface area contributed by atoms with Crippen LogP contribution in [-0.2, 0) is 11.2 Å². The first-order valence-electron chi connectivity index (χ1n) is 5.93. The lowest BCUT2D eigenvalue weighted by Crippen LogP contribution is -2.15. The fourth-order valence-electron chi connectivity index (χ4n) is 1.64. The number of carbonyl (C=O) groups is 1. The van der Waals surface area contributed by atoms with Gasteiger partial charge in [0.05, 0.1) is 35.0 Å². The van der Waals surface area contributed by atoms with Gasteiger partial charge in [-0.15, -0.1) is 0 Å². The molecule has 8 heteroatoms. The van der Waals surface area contributed by atoms with E-state index in [4.69, 9.17) is 5.73 Å². The molecule has 0 radical (unpaired) electrons. The van der Waals surface area contributed by atoms with Crippen LogP contribution in [0.1, 0.15) is 5.69 Å². The average molecular weight is 288 g/mol. The number of phenolic OH excluding ortho intramolecular Hbond substituents is 1. The SMILES string of the molecule is Nc1ccc(CC(=O)Nc2ccc([N+](=O)[O-])cc2O)nc1. The van der Waals surface area contributed by atoms with Gasteiger partial charge in [0.1, 0.15) is 5.75 Å². The Bertz CT molecular complexity index is 685. The van der Waals surface area contributed by atoms with Crippen molar-refractivity contribution in [2.45, 2.75) is 6.42 Å². The van der Waals surface area contributed by atoms with E-state index >= 15 is 0 Å². The van der Waals surface area contributed by atoms with Crippen LogP contribution in [0.2, 0.25) is 0 Å². The number of amides is 1. The average Bonchev–Trinajstić information content (AvgIpc) is 2.43. The summed E-state index contributed by atoms with van der Waals surface area (Å²) >= 11 is 0. The van der Waals surface area contributed by atoms with Gasteiger partial charge in [-0.05, 0) is 18.2 Å². The van der Waals surface area contributed by atoms with Crippen molar-refractivity contribution in [1.82, 2.24) is 4.98 Å². The van der Waals surface area contributed by atoms with Crippen LogP contribution in [0.15, 0.2) is 36.5 Å². The van der Waals surface area contributed by atoms with E-state index in [9.17, 15) is 20.0 Å². The van der Waals surface area contributed by atoms with Crippen molar-refractivity contribution in [3.05, 3.63) is 52.3 Å². The fraction of sp³-hybridized carbons (Fsp3) is 0.0769. The van der Waals surface area contributed by atoms with Crippen molar-refractivity contribution in [2.24, 2.45) is 0 Å². The van der Waals surface area contributed by atoms with Crippen molar-refractivity contribution >= 4 is 23.0 Å². The monoisotopic (exact) mass is 288 g/mol. The minimum absolute atomic E-state index is 0.00327. The van der Waals surface area contributed by atoms with E-state index in [-0.39, 0.29) is 23.5 Å². The van der Waals surface area contributed by atoms with E-state index in [0.29, 0.717) is 11.4 Å². The van der Waals surface area contributed by atoms with Gasteiger partial charge in [0.2, 0.25) is 5.91 Å². The third kappa shape index (κ3) is 3.66. The van der Waals surface area contributed by atoms with E-state index in [1.54, 1.807) is 12.1 Å². The Morgan fingerprint density at radius 2 is 2.14 bits per heavy atom. The van der Waals surface area contributed by atoms with Crippen molar-refractivity contribution in [1.29, 1.82) is 0 Å². The zero-order valence-corrected chi connectivity index (χ0v) is 10.8. The first-order valence-corrected chi connectivity index (χ1v) is 5.93. The largest absolute Gasteiger partial charge is 0.506 e. The van der Waals surface area contributed by atoms with Crippen LogP contribution in [0, 0.1) is 10.1 Å². The van der Waals surface area contributed by atoms with Gasteiger partial charge in [-0.25, -0.2) is 0 Å². The molecule has 0 bridgehead atoms. The number of nitrogens with two attached hydrogens (primary N) is 1. The molecule has 0 spiro atoms. The summed E-state index contributed by atoms with van der Waals surface area (Å²) in [6.45, 7) is 0. The molecule has 0 unspecified atom stereocenters. The molecule has 0 saturated carbocycles. The number of nitro benzene ring substituents is 1. The molecule has 2 aromatic rings. The molecule has 1 heterocycles. The maximum atomic E-state index is 11.8. The standard InChI is InChI=1S/C13H12N4O4/c14-8-1-2-9(15-7-8)5-13(19)16-11-4-3-10(17(20)21)6-12(11)18/h1-4,6-7,18H,5,14H2,(H,16,19). The quantitative estimate of drug-likeness (QED) is 0.443. The molecule has 0 atom stereocenters. The summed E-state index contributed by atoms with van der Waals surface area (Å²) < 4.78 is 0. The molecule has 0 aliphatic heterocycles. The van der Waals surface area contributed by atoms with E-state index in [1.807, 2.05) is 0 Å². The van der Waals surface area contributed by atoms with Crippen LogP contribution in [-0.4, -0.2) is 20.9 Å². The summed E-state index contributed by atoms with van der Waals surface area (Å²) in [7, 11) is 0. The molecule has 0 saturated heterocycles. The number of anilines is 2. The number of nitrogens with zero attached hydrogens (tertiary/aromatic N) is 2. The number of benzene rings is 1. The Morgan fingerprint density at radius 1 is 1.38 bits per heavy atom. The van der Waals surface area contributed by atoms with Crippen LogP contribution in [0.5, 0.6) is 5.75 Å². The molecule has 2 rings (SSSR count). The normalized spacial score (nSPS) is 10.1. The Morgan fingerprint density at radius 3 is 2.71 bits per heavy atom. The Hall–Kier alpha value is -3.16. The molecule has 8 nitrogen and oxygen atoms in total. The van der Waals surface area contributed by atoms with Crippen LogP contribution in [0.4, 0.5) is 17.1 Å². The number of hydrogen-bond acceptors (Lipinski definition) is 6. The molecule has 0 fully saturated rings. The Labute approximate surface area is 119 Å². The molecule has 1 aromatic heterocycles. The van der Waals surface area contributed by atoms with Gasteiger partial charge in [-0.2, -0.15) is 0 Å². The first-order chi connectivity index (χ1) is 9.95.